The molecular formula is C25H23N5O2S. The van der Waals surface area contributed by atoms with Gasteiger partial charge in [-0.25, -0.2) is 4.98 Å². The van der Waals surface area contributed by atoms with Crippen LogP contribution in [-0.4, -0.2) is 25.8 Å². The maximum atomic E-state index is 12.9. The summed E-state index contributed by atoms with van der Waals surface area (Å²) in [5.41, 5.74) is 3.74. The van der Waals surface area contributed by atoms with Crippen molar-refractivity contribution in [2.75, 3.05) is 11.1 Å². The van der Waals surface area contributed by atoms with E-state index >= 15 is 0 Å². The number of nitrogens with one attached hydrogen (secondary N) is 1. The number of aromatic nitrogens is 3. The second kappa shape index (κ2) is 9.35. The molecule has 4 aromatic rings. The van der Waals surface area contributed by atoms with Gasteiger partial charge in [0, 0.05) is 19.3 Å². The van der Waals surface area contributed by atoms with Crippen LogP contribution in [-0.2, 0) is 18.4 Å². The Morgan fingerprint density at radius 3 is 2.55 bits per heavy atom. The van der Waals surface area contributed by atoms with Gasteiger partial charge < -0.3 is 9.88 Å². The zero-order chi connectivity index (χ0) is 23.5. The molecule has 0 radical (unpaired) electrons. The third-order valence-corrected chi connectivity index (χ3v) is 6.69. The number of rotatable bonds is 6. The number of anilines is 1. The van der Waals surface area contributed by atoms with E-state index in [1.165, 1.54) is 16.3 Å². The lowest BCUT2D eigenvalue weighted by atomic mass is 10.2. The number of hydrogen-bond acceptors (Lipinski definition) is 5. The summed E-state index contributed by atoms with van der Waals surface area (Å²) in [6, 6.07) is 19.3. The number of nitriles is 1. The summed E-state index contributed by atoms with van der Waals surface area (Å²) < 4.78 is 3.41. The Balaban J connectivity index is 1.57. The number of benzene rings is 2. The number of para-hydroxylation sites is 1. The maximum Gasteiger partial charge on any atom is 0.261 e. The third kappa shape index (κ3) is 4.41. The molecule has 1 N–H and O–H groups in total. The van der Waals surface area contributed by atoms with E-state index in [9.17, 15) is 14.9 Å². The van der Waals surface area contributed by atoms with Crippen LogP contribution in [0.4, 0.5) is 5.82 Å². The van der Waals surface area contributed by atoms with Crippen LogP contribution < -0.4 is 10.9 Å². The first-order valence-corrected chi connectivity index (χ1v) is 11.4. The van der Waals surface area contributed by atoms with Crippen molar-refractivity contribution in [3.05, 3.63) is 87.3 Å². The Labute approximate surface area is 195 Å². The van der Waals surface area contributed by atoms with Crippen molar-refractivity contribution < 1.29 is 4.79 Å². The summed E-state index contributed by atoms with van der Waals surface area (Å²) in [7, 11) is 1.65. The molecule has 7 nitrogen and oxygen atoms in total. The second-order valence-corrected chi connectivity index (χ2v) is 8.67. The van der Waals surface area contributed by atoms with E-state index < -0.39 is 0 Å². The number of thioether (sulfide) groups is 1. The minimum atomic E-state index is -0.272. The highest BCUT2D eigenvalue weighted by atomic mass is 32.2. The molecule has 0 saturated carbocycles. The van der Waals surface area contributed by atoms with Gasteiger partial charge in [0.15, 0.2) is 5.16 Å². The fourth-order valence-corrected chi connectivity index (χ4v) is 4.49. The lowest BCUT2D eigenvalue weighted by molar-refractivity contribution is -0.113. The fourth-order valence-electron chi connectivity index (χ4n) is 3.72. The molecule has 8 heteroatoms. The molecule has 0 aliphatic carbocycles. The molecule has 2 aromatic heterocycles. The molecule has 0 aliphatic rings. The molecule has 0 aliphatic heterocycles. The quantitative estimate of drug-likeness (QED) is 0.349. The predicted molar refractivity (Wildman–Crippen MR) is 131 cm³/mol. The average Bonchev–Trinajstić information content (AvgIpc) is 3.04. The lowest BCUT2D eigenvalue weighted by Gasteiger charge is -2.13. The van der Waals surface area contributed by atoms with E-state index in [4.69, 9.17) is 0 Å². The van der Waals surface area contributed by atoms with Crippen LogP contribution in [0.1, 0.15) is 22.4 Å². The Hall–Kier alpha value is -3.83. The van der Waals surface area contributed by atoms with Gasteiger partial charge in [0.05, 0.1) is 22.2 Å². The van der Waals surface area contributed by atoms with Gasteiger partial charge in [0.2, 0.25) is 5.91 Å². The molecule has 0 unspecified atom stereocenters. The molecule has 33 heavy (non-hydrogen) atoms. The number of fused-ring (bicyclic) bond motifs is 1. The summed E-state index contributed by atoms with van der Waals surface area (Å²) in [6.07, 6.45) is 0. The van der Waals surface area contributed by atoms with Crippen molar-refractivity contribution in [3.8, 4) is 6.07 Å². The Kier molecular flexibility index (Phi) is 6.33. The van der Waals surface area contributed by atoms with Gasteiger partial charge in [-0.2, -0.15) is 5.26 Å². The Morgan fingerprint density at radius 1 is 1.12 bits per heavy atom. The van der Waals surface area contributed by atoms with Crippen LogP contribution >= 0.6 is 11.8 Å². The molecular weight excluding hydrogens is 434 g/mol. The van der Waals surface area contributed by atoms with Crippen molar-refractivity contribution in [1.82, 2.24) is 14.1 Å². The summed E-state index contributed by atoms with van der Waals surface area (Å²) in [4.78, 5) is 30.0. The topological polar surface area (TPSA) is 92.7 Å². The fraction of sp³-hybridized carbons (Fsp3) is 0.200. The predicted octanol–water partition coefficient (Wildman–Crippen LogP) is 4.00. The minimum absolute atomic E-state index is 0.0537. The zero-order valence-electron chi connectivity index (χ0n) is 18.6. The molecule has 1 amide bonds. The second-order valence-electron chi connectivity index (χ2n) is 7.73. The number of carbonyl (C=O) groups excluding carboxylic acids is 1. The number of nitrogens with zero attached hydrogens (tertiary/aromatic N) is 4. The first-order valence-electron chi connectivity index (χ1n) is 10.4. The van der Waals surface area contributed by atoms with Gasteiger partial charge >= 0.3 is 0 Å². The SMILES string of the molecule is Cc1c(C#N)c(NC(=O)CSc2nc3ccccc3c(=O)n2C)n(Cc2ccccc2)c1C. The first-order chi connectivity index (χ1) is 15.9. The van der Waals surface area contributed by atoms with E-state index in [2.05, 4.69) is 16.4 Å². The van der Waals surface area contributed by atoms with Crippen LogP contribution in [0.3, 0.4) is 0 Å². The van der Waals surface area contributed by atoms with E-state index in [0.717, 1.165) is 16.8 Å². The van der Waals surface area contributed by atoms with Crippen molar-refractivity contribution >= 4 is 34.4 Å². The maximum absolute atomic E-state index is 12.9. The average molecular weight is 458 g/mol. The monoisotopic (exact) mass is 457 g/mol. The zero-order valence-corrected chi connectivity index (χ0v) is 19.4. The van der Waals surface area contributed by atoms with E-state index in [1.54, 1.807) is 25.2 Å². The van der Waals surface area contributed by atoms with Gasteiger partial charge in [0.25, 0.3) is 5.56 Å². The van der Waals surface area contributed by atoms with E-state index in [-0.39, 0.29) is 17.2 Å². The Morgan fingerprint density at radius 2 is 1.82 bits per heavy atom. The third-order valence-electron chi connectivity index (χ3n) is 5.66. The van der Waals surface area contributed by atoms with E-state index in [0.29, 0.717) is 34.0 Å². The Bertz CT molecular complexity index is 1450. The number of amides is 1. The normalized spacial score (nSPS) is 10.8. The van der Waals surface area contributed by atoms with Crippen molar-refractivity contribution in [1.29, 1.82) is 5.26 Å². The molecule has 0 saturated heterocycles. The standard InChI is InChI=1S/C25H23N5O2S/c1-16-17(2)30(14-18-9-5-4-6-10-18)23(20(16)13-26)28-22(31)15-33-25-27-21-12-8-7-11-19(21)24(32)29(25)3/h4-12H,14-15H2,1-3H3,(H,28,31). The van der Waals surface area contributed by atoms with Gasteiger partial charge in [-0.3, -0.25) is 14.2 Å². The van der Waals surface area contributed by atoms with Gasteiger partial charge in [-0.15, -0.1) is 0 Å². The van der Waals surface area contributed by atoms with Gasteiger partial charge in [0.1, 0.15) is 11.9 Å². The summed E-state index contributed by atoms with van der Waals surface area (Å²) in [5.74, 6) is 0.269. The van der Waals surface area contributed by atoms with E-state index in [1.807, 2.05) is 54.8 Å². The summed E-state index contributed by atoms with van der Waals surface area (Å²) >= 11 is 1.19. The minimum Gasteiger partial charge on any atom is -0.326 e. The summed E-state index contributed by atoms with van der Waals surface area (Å²) in [5, 5.41) is 13.6. The molecule has 0 atom stereocenters. The highest BCUT2D eigenvalue weighted by Crippen LogP contribution is 2.28. The van der Waals surface area contributed by atoms with Crippen LogP contribution in [0.2, 0.25) is 0 Å². The van der Waals surface area contributed by atoms with Crippen molar-refractivity contribution in [3.63, 3.8) is 0 Å². The van der Waals surface area contributed by atoms with Crippen LogP contribution in [0.5, 0.6) is 0 Å². The molecule has 4 rings (SSSR count). The molecule has 0 spiro atoms. The van der Waals surface area contributed by atoms with Crippen LogP contribution in [0.25, 0.3) is 10.9 Å². The molecule has 0 bridgehead atoms. The number of carbonyl (C=O) groups is 1. The highest BCUT2D eigenvalue weighted by Gasteiger charge is 2.20. The van der Waals surface area contributed by atoms with Crippen molar-refractivity contribution in [2.45, 2.75) is 25.5 Å². The first kappa shape index (κ1) is 22.4. The van der Waals surface area contributed by atoms with Crippen molar-refractivity contribution in [2.24, 2.45) is 7.05 Å². The molecule has 166 valence electrons. The molecule has 2 aromatic carbocycles. The summed E-state index contributed by atoms with van der Waals surface area (Å²) in [6.45, 7) is 4.37. The molecule has 0 fully saturated rings. The smallest absolute Gasteiger partial charge is 0.261 e. The molecule has 2 heterocycles. The highest BCUT2D eigenvalue weighted by molar-refractivity contribution is 7.99. The lowest BCUT2D eigenvalue weighted by Crippen LogP contribution is -2.22. The van der Waals surface area contributed by atoms with Gasteiger partial charge in [-0.05, 0) is 37.1 Å². The largest absolute Gasteiger partial charge is 0.326 e. The van der Waals surface area contributed by atoms with Crippen LogP contribution in [0, 0.1) is 25.2 Å². The van der Waals surface area contributed by atoms with Crippen LogP contribution in [0.15, 0.2) is 64.5 Å². The number of hydrogen-bond donors (Lipinski definition) is 1. The van der Waals surface area contributed by atoms with Gasteiger partial charge in [-0.1, -0.05) is 54.2 Å².